The van der Waals surface area contributed by atoms with Gasteiger partial charge in [0.05, 0.1) is 18.8 Å². The molecule has 0 fully saturated rings. The molecule has 0 aliphatic carbocycles. The predicted octanol–water partition coefficient (Wildman–Crippen LogP) is 2.79. The maximum Gasteiger partial charge on any atom is 0.416 e. The summed E-state index contributed by atoms with van der Waals surface area (Å²) in [7, 11) is 0. The van der Waals surface area contributed by atoms with Crippen LogP contribution in [-0.2, 0) is 24.1 Å². The van der Waals surface area contributed by atoms with Crippen LogP contribution in [0.4, 0.5) is 19.0 Å². The first-order valence-corrected chi connectivity index (χ1v) is 6.42. The highest BCUT2D eigenvalue weighted by Crippen LogP contribution is 2.41. The van der Waals surface area contributed by atoms with Crippen LogP contribution in [-0.4, -0.2) is 15.3 Å². The van der Waals surface area contributed by atoms with Crippen LogP contribution in [0.2, 0.25) is 0 Å². The molecule has 0 bridgehead atoms. The maximum atomic E-state index is 12.8. The Bertz CT molecular complexity index is 737. The Labute approximate surface area is 123 Å². The number of phenols is 1. The third-order valence-corrected chi connectivity index (χ3v) is 3.59. The van der Waals surface area contributed by atoms with Crippen LogP contribution in [0.15, 0.2) is 12.1 Å². The van der Waals surface area contributed by atoms with Crippen molar-refractivity contribution in [1.82, 2.24) is 10.2 Å². The molecule has 8 heteroatoms. The summed E-state index contributed by atoms with van der Waals surface area (Å²) in [6.45, 7) is 1.97. The van der Waals surface area contributed by atoms with Crippen molar-refractivity contribution in [3.05, 3.63) is 34.4 Å². The van der Waals surface area contributed by atoms with E-state index in [0.29, 0.717) is 22.9 Å². The third-order valence-electron chi connectivity index (χ3n) is 3.59. The predicted molar refractivity (Wildman–Crippen MR) is 71.8 cm³/mol. The molecule has 3 rings (SSSR count). The molecule has 1 aliphatic heterocycles. The molecule has 2 aromatic rings. The van der Waals surface area contributed by atoms with Crippen molar-refractivity contribution in [3.8, 4) is 17.0 Å². The van der Waals surface area contributed by atoms with Crippen molar-refractivity contribution >= 4 is 5.82 Å². The summed E-state index contributed by atoms with van der Waals surface area (Å²) < 4.78 is 43.6. The molecule has 5 nitrogen and oxygen atoms in total. The highest BCUT2D eigenvalue weighted by atomic mass is 19.4. The lowest BCUT2D eigenvalue weighted by Gasteiger charge is -2.14. The quantitative estimate of drug-likeness (QED) is 0.846. The molecule has 1 aromatic heterocycles. The van der Waals surface area contributed by atoms with Gasteiger partial charge in [0.1, 0.15) is 11.4 Å². The van der Waals surface area contributed by atoms with E-state index in [0.717, 1.165) is 6.07 Å². The van der Waals surface area contributed by atoms with E-state index in [2.05, 4.69) is 10.2 Å². The van der Waals surface area contributed by atoms with E-state index in [9.17, 15) is 18.3 Å². The van der Waals surface area contributed by atoms with E-state index in [1.807, 2.05) is 0 Å². The Hall–Kier alpha value is -2.35. The average molecular weight is 311 g/mol. The number of ether oxygens (including phenoxy) is 1. The molecule has 1 aliphatic rings. The van der Waals surface area contributed by atoms with Gasteiger partial charge in [0.2, 0.25) is 0 Å². The van der Waals surface area contributed by atoms with E-state index in [4.69, 9.17) is 10.5 Å². The number of hydrogen-bond acceptors (Lipinski definition) is 5. The zero-order valence-corrected chi connectivity index (χ0v) is 11.5. The molecule has 0 amide bonds. The minimum absolute atomic E-state index is 0.210. The van der Waals surface area contributed by atoms with Gasteiger partial charge >= 0.3 is 6.18 Å². The number of hydrogen-bond donors (Lipinski definition) is 2. The lowest BCUT2D eigenvalue weighted by Crippen LogP contribution is -2.07. The minimum Gasteiger partial charge on any atom is -0.507 e. The number of halogens is 3. The van der Waals surface area contributed by atoms with Gasteiger partial charge in [0.25, 0.3) is 0 Å². The summed E-state index contributed by atoms with van der Waals surface area (Å²) >= 11 is 0. The number of aryl methyl sites for hydroxylation is 1. The summed E-state index contributed by atoms with van der Waals surface area (Å²) in [5.41, 5.74) is 6.85. The molecule has 2 heterocycles. The Morgan fingerprint density at radius 3 is 2.50 bits per heavy atom. The largest absolute Gasteiger partial charge is 0.507 e. The van der Waals surface area contributed by atoms with Gasteiger partial charge in [-0.05, 0) is 24.6 Å². The molecule has 116 valence electrons. The number of aromatic nitrogens is 2. The van der Waals surface area contributed by atoms with Crippen molar-refractivity contribution in [2.75, 3.05) is 5.73 Å². The number of anilines is 1. The highest BCUT2D eigenvalue weighted by molar-refractivity contribution is 5.75. The topological polar surface area (TPSA) is 81.3 Å². The fourth-order valence-electron chi connectivity index (χ4n) is 2.53. The maximum absolute atomic E-state index is 12.8. The van der Waals surface area contributed by atoms with Gasteiger partial charge in [-0.3, -0.25) is 0 Å². The molecule has 0 atom stereocenters. The number of nitrogens with zero attached hydrogens (tertiary/aromatic N) is 2. The summed E-state index contributed by atoms with van der Waals surface area (Å²) in [5.74, 6) is -0.277. The molecule has 3 N–H and O–H groups in total. The molecular formula is C14H12F3N3O2. The second kappa shape index (κ2) is 4.84. The second-order valence-electron chi connectivity index (χ2n) is 5.07. The number of rotatable bonds is 1. The number of nitrogens with two attached hydrogens (primary N) is 1. The molecule has 0 radical (unpaired) electrons. The lowest BCUT2D eigenvalue weighted by molar-refractivity contribution is -0.137. The van der Waals surface area contributed by atoms with Gasteiger partial charge in [0, 0.05) is 16.7 Å². The fourth-order valence-corrected chi connectivity index (χ4v) is 2.53. The molecule has 0 saturated heterocycles. The van der Waals surface area contributed by atoms with Gasteiger partial charge in [-0.25, -0.2) is 0 Å². The third kappa shape index (κ3) is 2.25. The normalized spacial score (nSPS) is 14.2. The first kappa shape index (κ1) is 14.6. The molecule has 0 saturated carbocycles. The van der Waals surface area contributed by atoms with Crippen LogP contribution in [0.5, 0.6) is 5.75 Å². The van der Waals surface area contributed by atoms with E-state index in [1.165, 1.54) is 6.92 Å². The number of alkyl halides is 3. The van der Waals surface area contributed by atoms with Crippen molar-refractivity contribution in [1.29, 1.82) is 0 Å². The van der Waals surface area contributed by atoms with Crippen molar-refractivity contribution in [2.45, 2.75) is 26.3 Å². The van der Waals surface area contributed by atoms with E-state index in [-0.39, 0.29) is 30.2 Å². The number of fused-ring (bicyclic) bond motifs is 1. The minimum atomic E-state index is -4.53. The molecule has 0 spiro atoms. The van der Waals surface area contributed by atoms with Gasteiger partial charge < -0.3 is 15.6 Å². The number of phenolic OH excluding ortho intramolecular Hbond substituents is 1. The number of aromatic hydroxyl groups is 1. The summed E-state index contributed by atoms with van der Waals surface area (Å²) in [5, 5.41) is 17.8. The zero-order valence-electron chi connectivity index (χ0n) is 11.5. The van der Waals surface area contributed by atoms with Gasteiger partial charge in [0.15, 0.2) is 5.82 Å². The van der Waals surface area contributed by atoms with Crippen LogP contribution >= 0.6 is 0 Å². The Morgan fingerprint density at radius 1 is 1.18 bits per heavy atom. The smallest absolute Gasteiger partial charge is 0.416 e. The van der Waals surface area contributed by atoms with E-state index >= 15 is 0 Å². The van der Waals surface area contributed by atoms with E-state index < -0.39 is 17.5 Å². The Kier molecular flexibility index (Phi) is 3.21. The molecule has 0 unspecified atom stereocenters. The van der Waals surface area contributed by atoms with Crippen molar-refractivity contribution in [3.63, 3.8) is 0 Å². The fraction of sp³-hybridized carbons (Fsp3) is 0.286. The Morgan fingerprint density at radius 2 is 1.86 bits per heavy atom. The van der Waals surface area contributed by atoms with Crippen LogP contribution < -0.4 is 5.73 Å². The molecule has 1 aromatic carbocycles. The first-order chi connectivity index (χ1) is 10.3. The summed E-state index contributed by atoms with van der Waals surface area (Å²) in [6, 6.07) is 1.65. The molecule has 22 heavy (non-hydrogen) atoms. The second-order valence-corrected chi connectivity index (χ2v) is 5.07. The number of benzene rings is 1. The lowest BCUT2D eigenvalue weighted by atomic mass is 9.96. The van der Waals surface area contributed by atoms with Gasteiger partial charge in [-0.1, -0.05) is 0 Å². The van der Waals surface area contributed by atoms with Crippen LogP contribution in [0.25, 0.3) is 11.3 Å². The van der Waals surface area contributed by atoms with Crippen LogP contribution in [0, 0.1) is 6.92 Å². The van der Waals surface area contributed by atoms with Gasteiger partial charge in [-0.2, -0.15) is 13.2 Å². The first-order valence-electron chi connectivity index (χ1n) is 6.42. The monoisotopic (exact) mass is 311 g/mol. The average Bonchev–Trinajstić information content (AvgIpc) is 2.89. The Balaban J connectivity index is 2.21. The van der Waals surface area contributed by atoms with Gasteiger partial charge in [-0.15, -0.1) is 10.2 Å². The van der Waals surface area contributed by atoms with E-state index in [1.54, 1.807) is 0 Å². The summed E-state index contributed by atoms with van der Waals surface area (Å²) in [4.78, 5) is 0. The SMILES string of the molecule is Cc1cc(C(F)(F)F)cc(O)c1-c1nnc(N)c2c1COC2. The standard InChI is InChI=1S/C14H12F3N3O2/c1-6-2-7(14(15,16)17)3-10(21)11(6)12-8-4-22-5-9(8)13(18)20-19-12/h2-3,21H,4-5H2,1H3,(H2,18,20). The molecular weight excluding hydrogens is 299 g/mol. The van der Waals surface area contributed by atoms with Crippen LogP contribution in [0.1, 0.15) is 22.3 Å². The van der Waals surface area contributed by atoms with Crippen molar-refractivity contribution < 1.29 is 23.0 Å². The summed E-state index contributed by atoms with van der Waals surface area (Å²) in [6.07, 6.45) is -4.53. The number of nitrogen functional groups attached to an aromatic ring is 1. The van der Waals surface area contributed by atoms with Crippen molar-refractivity contribution in [2.24, 2.45) is 0 Å². The highest BCUT2D eigenvalue weighted by Gasteiger charge is 2.33. The zero-order chi connectivity index (χ0) is 16.1. The van der Waals surface area contributed by atoms with Crippen LogP contribution in [0.3, 0.4) is 0 Å².